The summed E-state index contributed by atoms with van der Waals surface area (Å²) in [5.41, 5.74) is 12.0. The van der Waals surface area contributed by atoms with E-state index in [1.807, 2.05) is 79.1 Å². The number of hydrogen-bond donors (Lipinski definition) is 0. The molecule has 0 unspecified atom stereocenters. The van der Waals surface area contributed by atoms with Crippen molar-refractivity contribution < 1.29 is 8.83 Å². The molecule has 0 bridgehead atoms. The van der Waals surface area contributed by atoms with Crippen LogP contribution in [-0.2, 0) is 0 Å². The molecule has 5 nitrogen and oxygen atoms in total. The Morgan fingerprint density at radius 2 is 0.980 bits per heavy atom. The monoisotopic (exact) mass is 641 g/mol. The zero-order chi connectivity index (χ0) is 33.0. The van der Waals surface area contributed by atoms with Crippen LogP contribution in [0.4, 0.5) is 0 Å². The number of nitrogens with zero attached hydrogens (tertiary/aromatic N) is 3. The Morgan fingerprint density at radius 1 is 0.380 bits per heavy atom. The topological polar surface area (TPSA) is 65.0 Å². The van der Waals surface area contributed by atoms with Crippen LogP contribution >= 0.6 is 0 Å². The molecule has 234 valence electrons. The van der Waals surface area contributed by atoms with Gasteiger partial charge >= 0.3 is 0 Å². The molecule has 0 N–H and O–H groups in total. The van der Waals surface area contributed by atoms with Crippen molar-refractivity contribution in [3.63, 3.8) is 0 Å². The molecule has 50 heavy (non-hydrogen) atoms. The van der Waals surface area contributed by atoms with Gasteiger partial charge in [0.05, 0.1) is 11.4 Å². The number of benzene rings is 6. The molecule has 10 rings (SSSR count). The first kappa shape index (κ1) is 28.2. The van der Waals surface area contributed by atoms with E-state index < -0.39 is 0 Å². The Balaban J connectivity index is 1.23. The molecule has 0 aliphatic heterocycles. The third-order valence-corrected chi connectivity index (χ3v) is 9.43. The van der Waals surface area contributed by atoms with Crippen LogP contribution in [-0.4, -0.2) is 15.0 Å². The highest BCUT2D eigenvalue weighted by Crippen LogP contribution is 2.44. The van der Waals surface area contributed by atoms with Crippen molar-refractivity contribution >= 4 is 43.9 Å². The average Bonchev–Trinajstić information content (AvgIpc) is 3.78. The second kappa shape index (κ2) is 11.4. The summed E-state index contributed by atoms with van der Waals surface area (Å²) >= 11 is 0. The number of rotatable bonds is 5. The third-order valence-electron chi connectivity index (χ3n) is 9.43. The maximum Gasteiger partial charge on any atom is 0.161 e. The van der Waals surface area contributed by atoms with Crippen molar-refractivity contribution in [3.8, 4) is 56.2 Å². The summed E-state index contributed by atoms with van der Waals surface area (Å²) in [6, 6.07) is 51.7. The molecule has 10 aromatic rings. The number of hydrogen-bond acceptors (Lipinski definition) is 5. The predicted molar refractivity (Wildman–Crippen MR) is 202 cm³/mol. The van der Waals surface area contributed by atoms with Crippen LogP contribution in [0.25, 0.3) is 100 Å². The van der Waals surface area contributed by atoms with Gasteiger partial charge in [0, 0.05) is 61.8 Å². The highest BCUT2D eigenvalue weighted by atomic mass is 16.3. The molecular weight excluding hydrogens is 615 g/mol. The first-order valence-electron chi connectivity index (χ1n) is 16.6. The second-order valence-electron chi connectivity index (χ2n) is 12.4. The summed E-state index contributed by atoms with van der Waals surface area (Å²) in [7, 11) is 0. The Bertz CT molecular complexity index is 2870. The van der Waals surface area contributed by atoms with Crippen LogP contribution in [0.3, 0.4) is 0 Å². The summed E-state index contributed by atoms with van der Waals surface area (Å²) in [6.07, 6.45) is 3.63. The molecule has 0 fully saturated rings. The van der Waals surface area contributed by atoms with E-state index in [2.05, 4.69) is 89.9 Å². The van der Waals surface area contributed by atoms with Gasteiger partial charge in [-0.3, -0.25) is 4.98 Å². The standard InChI is InChI=1S/C45H27N3O2/c1-2-10-29(11-3-1)38-27-39(31-13-8-12-30(26-31)28-22-24-46-25-23-28)48-45(47-38)37-21-20-35(44-42(37)36-15-5-7-19-41(36)50-44)34-17-9-16-33-32-14-4-6-18-40(32)49-43(33)34/h1-27H. The smallest absolute Gasteiger partial charge is 0.161 e. The SMILES string of the molecule is c1ccc(-c2cc(-c3cccc(-c4ccncc4)c3)nc(-c3ccc(-c4cccc5c4oc4ccccc45)c4oc5ccccc5c34)n2)cc1. The normalized spacial score (nSPS) is 11.6. The summed E-state index contributed by atoms with van der Waals surface area (Å²) in [6.45, 7) is 0. The van der Waals surface area contributed by atoms with Gasteiger partial charge in [0.2, 0.25) is 0 Å². The van der Waals surface area contributed by atoms with Gasteiger partial charge < -0.3 is 8.83 Å². The number of aromatic nitrogens is 3. The number of pyridine rings is 1. The second-order valence-corrected chi connectivity index (χ2v) is 12.4. The van der Waals surface area contributed by atoms with E-state index in [1.54, 1.807) is 0 Å². The predicted octanol–water partition coefficient (Wildman–Crippen LogP) is 12.0. The lowest BCUT2D eigenvalue weighted by atomic mass is 9.96. The van der Waals surface area contributed by atoms with E-state index >= 15 is 0 Å². The van der Waals surface area contributed by atoms with Crippen molar-refractivity contribution in [1.29, 1.82) is 0 Å². The molecular formula is C45H27N3O2. The van der Waals surface area contributed by atoms with E-state index in [0.29, 0.717) is 5.82 Å². The molecule has 4 heterocycles. The highest BCUT2D eigenvalue weighted by Gasteiger charge is 2.22. The first-order valence-corrected chi connectivity index (χ1v) is 16.6. The summed E-state index contributed by atoms with van der Waals surface area (Å²) in [5, 5.41) is 4.14. The number of furan rings is 2. The van der Waals surface area contributed by atoms with Crippen molar-refractivity contribution in [2.45, 2.75) is 0 Å². The van der Waals surface area contributed by atoms with Gasteiger partial charge in [0.25, 0.3) is 0 Å². The molecule has 0 spiro atoms. The molecule has 6 aromatic carbocycles. The van der Waals surface area contributed by atoms with Gasteiger partial charge in [-0.25, -0.2) is 9.97 Å². The Morgan fingerprint density at radius 3 is 1.82 bits per heavy atom. The maximum absolute atomic E-state index is 6.72. The van der Waals surface area contributed by atoms with Crippen LogP contribution in [0.5, 0.6) is 0 Å². The van der Waals surface area contributed by atoms with E-state index in [-0.39, 0.29) is 0 Å². The minimum Gasteiger partial charge on any atom is -0.455 e. The lowest BCUT2D eigenvalue weighted by Gasteiger charge is -2.12. The summed E-state index contributed by atoms with van der Waals surface area (Å²) in [4.78, 5) is 14.7. The summed E-state index contributed by atoms with van der Waals surface area (Å²) < 4.78 is 13.2. The zero-order valence-corrected chi connectivity index (χ0v) is 26.7. The molecule has 5 heteroatoms. The highest BCUT2D eigenvalue weighted by molar-refractivity contribution is 6.18. The maximum atomic E-state index is 6.72. The minimum absolute atomic E-state index is 0.626. The van der Waals surface area contributed by atoms with Gasteiger partial charge in [0.15, 0.2) is 5.82 Å². The molecule has 0 aliphatic carbocycles. The van der Waals surface area contributed by atoms with Gasteiger partial charge in [-0.15, -0.1) is 0 Å². The van der Waals surface area contributed by atoms with E-state index in [4.69, 9.17) is 18.8 Å². The summed E-state index contributed by atoms with van der Waals surface area (Å²) in [5.74, 6) is 0.626. The fourth-order valence-corrected chi connectivity index (χ4v) is 7.06. The molecule has 0 atom stereocenters. The Kier molecular flexibility index (Phi) is 6.42. The molecule has 4 aromatic heterocycles. The number of fused-ring (bicyclic) bond motifs is 6. The minimum atomic E-state index is 0.626. The van der Waals surface area contributed by atoms with Gasteiger partial charge in [-0.05, 0) is 59.7 Å². The van der Waals surface area contributed by atoms with Crippen molar-refractivity contribution in [3.05, 3.63) is 164 Å². The molecule has 0 saturated heterocycles. The van der Waals surface area contributed by atoms with Crippen LogP contribution in [0.2, 0.25) is 0 Å². The number of para-hydroxylation sites is 3. The Labute approximate surface area is 287 Å². The van der Waals surface area contributed by atoms with Crippen LogP contribution < -0.4 is 0 Å². The molecule has 0 aliphatic rings. The zero-order valence-electron chi connectivity index (χ0n) is 26.7. The lowest BCUT2D eigenvalue weighted by molar-refractivity contribution is 0.665. The largest absolute Gasteiger partial charge is 0.455 e. The Hall–Kier alpha value is -6.85. The van der Waals surface area contributed by atoms with Crippen molar-refractivity contribution in [2.24, 2.45) is 0 Å². The third kappa shape index (κ3) is 4.60. The fraction of sp³-hybridized carbons (Fsp3) is 0. The molecule has 0 radical (unpaired) electrons. The van der Waals surface area contributed by atoms with E-state index in [1.165, 1.54) is 0 Å². The van der Waals surface area contributed by atoms with E-state index in [0.717, 1.165) is 94.2 Å². The van der Waals surface area contributed by atoms with Crippen molar-refractivity contribution in [1.82, 2.24) is 15.0 Å². The first-order chi connectivity index (χ1) is 24.8. The van der Waals surface area contributed by atoms with Crippen molar-refractivity contribution in [2.75, 3.05) is 0 Å². The van der Waals surface area contributed by atoms with E-state index in [9.17, 15) is 0 Å². The lowest BCUT2D eigenvalue weighted by Crippen LogP contribution is -1.97. The van der Waals surface area contributed by atoms with Gasteiger partial charge in [0.1, 0.15) is 22.3 Å². The molecule has 0 amide bonds. The average molecular weight is 642 g/mol. The van der Waals surface area contributed by atoms with Crippen LogP contribution in [0.15, 0.2) is 173 Å². The fourth-order valence-electron chi connectivity index (χ4n) is 7.06. The van der Waals surface area contributed by atoms with Crippen LogP contribution in [0, 0.1) is 0 Å². The van der Waals surface area contributed by atoms with Crippen LogP contribution in [0.1, 0.15) is 0 Å². The quantitative estimate of drug-likeness (QED) is 0.187. The van der Waals surface area contributed by atoms with Gasteiger partial charge in [-0.1, -0.05) is 103 Å². The van der Waals surface area contributed by atoms with Gasteiger partial charge in [-0.2, -0.15) is 0 Å². The molecule has 0 saturated carbocycles.